The van der Waals surface area contributed by atoms with Crippen LogP contribution in [-0.4, -0.2) is 22.8 Å². The lowest BCUT2D eigenvalue weighted by molar-refractivity contribution is -0.166. The molecule has 0 N–H and O–H groups in total. The van der Waals surface area contributed by atoms with Crippen molar-refractivity contribution in [2.45, 2.75) is 110 Å². The standard InChI is InChI=1S/C29H42O4Si2/c1-11-34(30)16-21-14-22-25(12-19(21)2)31-29(17-27(22,4)5)18-28(6,7)23-15-24(33-35(8,9)10)20(3)13-26(23)32-29/h12-15H,11,16-18H2,1-10H3. The number of hydrogen-bond acceptors (Lipinski definition) is 4. The average molecular weight is 511 g/mol. The zero-order valence-corrected chi connectivity index (χ0v) is 25.3. The van der Waals surface area contributed by atoms with E-state index in [1.165, 1.54) is 16.7 Å². The van der Waals surface area contributed by atoms with Crippen molar-refractivity contribution in [2.75, 3.05) is 0 Å². The van der Waals surface area contributed by atoms with Crippen LogP contribution in [0.4, 0.5) is 0 Å². The molecule has 4 rings (SSSR count). The van der Waals surface area contributed by atoms with Gasteiger partial charge in [0.2, 0.25) is 8.32 Å². The van der Waals surface area contributed by atoms with Gasteiger partial charge in [0, 0.05) is 40.8 Å². The Morgan fingerprint density at radius 1 is 0.886 bits per heavy atom. The Hall–Kier alpha value is -1.93. The van der Waals surface area contributed by atoms with Crippen LogP contribution in [0.15, 0.2) is 24.3 Å². The molecule has 2 aromatic carbocycles. The summed E-state index contributed by atoms with van der Waals surface area (Å²) in [4.78, 5) is 0. The number of benzene rings is 2. The van der Waals surface area contributed by atoms with Crippen molar-refractivity contribution >= 4 is 17.0 Å². The third-order valence-electron chi connectivity index (χ3n) is 7.39. The largest absolute Gasteiger partial charge is 0.544 e. The summed E-state index contributed by atoms with van der Waals surface area (Å²) in [5.74, 6) is 2.04. The monoisotopic (exact) mass is 510 g/mol. The molecule has 0 bridgehead atoms. The molecule has 0 saturated carbocycles. The van der Waals surface area contributed by atoms with Gasteiger partial charge in [-0.3, -0.25) is 0 Å². The van der Waals surface area contributed by atoms with E-state index < -0.39 is 22.8 Å². The maximum Gasteiger partial charge on any atom is 0.280 e. The molecule has 1 atom stereocenters. The molecule has 2 aliphatic rings. The molecular weight excluding hydrogens is 468 g/mol. The van der Waals surface area contributed by atoms with Crippen LogP contribution >= 0.6 is 0 Å². The Labute approximate surface area is 214 Å². The molecular formula is C29H42O4Si2. The third kappa shape index (κ3) is 5.15. The summed E-state index contributed by atoms with van der Waals surface area (Å²) in [6.45, 7) is 22.0. The highest BCUT2D eigenvalue weighted by atomic mass is 28.4. The number of rotatable bonds is 5. The second kappa shape index (κ2) is 8.58. The fourth-order valence-electron chi connectivity index (χ4n) is 5.75. The molecule has 35 heavy (non-hydrogen) atoms. The lowest BCUT2D eigenvalue weighted by atomic mass is 9.69. The Balaban J connectivity index is 1.74. The lowest BCUT2D eigenvalue weighted by Gasteiger charge is -2.51. The van der Waals surface area contributed by atoms with Gasteiger partial charge in [-0.25, -0.2) is 0 Å². The van der Waals surface area contributed by atoms with E-state index in [0.29, 0.717) is 6.04 Å². The number of aryl methyl sites for hydroxylation is 2. The molecule has 2 aromatic rings. The minimum Gasteiger partial charge on any atom is -0.544 e. The first-order chi connectivity index (χ1) is 16.0. The van der Waals surface area contributed by atoms with Gasteiger partial charge in [0.25, 0.3) is 14.5 Å². The molecule has 1 spiro atoms. The van der Waals surface area contributed by atoms with Crippen LogP contribution < -0.4 is 13.9 Å². The summed E-state index contributed by atoms with van der Waals surface area (Å²) in [5, 5.41) is 0. The average Bonchev–Trinajstić information content (AvgIpc) is 2.68. The maximum atomic E-state index is 12.3. The number of ether oxygens (including phenoxy) is 2. The Morgan fingerprint density at radius 2 is 1.40 bits per heavy atom. The van der Waals surface area contributed by atoms with E-state index in [9.17, 15) is 4.46 Å². The van der Waals surface area contributed by atoms with Gasteiger partial charge in [-0.2, -0.15) is 0 Å². The molecule has 4 nitrogen and oxygen atoms in total. The first kappa shape index (κ1) is 26.1. The lowest BCUT2D eigenvalue weighted by Crippen LogP contribution is -2.55. The topological polar surface area (TPSA) is 44.8 Å². The Kier molecular flexibility index (Phi) is 6.41. The number of hydrogen-bond donors (Lipinski definition) is 0. The van der Waals surface area contributed by atoms with Crippen LogP contribution in [0, 0.1) is 13.8 Å². The third-order valence-corrected chi connectivity index (χ3v) is 9.78. The van der Waals surface area contributed by atoms with Crippen LogP contribution in [0.1, 0.15) is 75.3 Å². The van der Waals surface area contributed by atoms with Gasteiger partial charge >= 0.3 is 0 Å². The molecule has 6 heteroatoms. The van der Waals surface area contributed by atoms with E-state index in [2.05, 4.69) is 85.4 Å². The van der Waals surface area contributed by atoms with Gasteiger partial charge in [0.1, 0.15) is 17.2 Å². The smallest absolute Gasteiger partial charge is 0.280 e. The summed E-state index contributed by atoms with van der Waals surface area (Å²) in [5.41, 5.74) is 5.53. The van der Waals surface area contributed by atoms with Crippen molar-refractivity contribution in [2.24, 2.45) is 0 Å². The van der Waals surface area contributed by atoms with Crippen LogP contribution in [0.2, 0.25) is 25.7 Å². The van der Waals surface area contributed by atoms with Gasteiger partial charge in [-0.1, -0.05) is 40.7 Å². The van der Waals surface area contributed by atoms with Gasteiger partial charge in [-0.15, -0.1) is 0 Å². The van der Waals surface area contributed by atoms with E-state index in [1.54, 1.807) is 0 Å². The molecule has 1 unspecified atom stereocenters. The van der Waals surface area contributed by atoms with Crippen molar-refractivity contribution in [3.8, 4) is 17.2 Å². The molecule has 0 saturated heterocycles. The molecule has 0 radical (unpaired) electrons. The highest BCUT2D eigenvalue weighted by Crippen LogP contribution is 2.54. The van der Waals surface area contributed by atoms with E-state index in [0.717, 1.165) is 47.3 Å². The molecule has 190 valence electrons. The maximum absolute atomic E-state index is 12.3. The normalized spacial score (nSPS) is 22.0. The quantitative estimate of drug-likeness (QED) is 0.389. The van der Waals surface area contributed by atoms with Crippen molar-refractivity contribution in [3.63, 3.8) is 0 Å². The molecule has 0 aliphatic carbocycles. The van der Waals surface area contributed by atoms with Crippen molar-refractivity contribution < 1.29 is 18.4 Å². The fraction of sp³-hybridized carbons (Fsp3) is 0.586. The Morgan fingerprint density at radius 3 is 1.91 bits per heavy atom. The molecule has 0 aromatic heterocycles. The van der Waals surface area contributed by atoms with Crippen LogP contribution in [0.5, 0.6) is 17.2 Å². The van der Waals surface area contributed by atoms with Crippen LogP contribution in [0.25, 0.3) is 0 Å². The fourth-order valence-corrected chi connectivity index (χ4v) is 7.68. The minimum atomic E-state index is -1.72. The highest BCUT2D eigenvalue weighted by molar-refractivity contribution is 6.70. The zero-order chi connectivity index (χ0) is 26.0. The summed E-state index contributed by atoms with van der Waals surface area (Å²) < 4.78 is 32.3. The highest BCUT2D eigenvalue weighted by Gasteiger charge is 2.53. The van der Waals surface area contributed by atoms with Crippen LogP contribution in [0.3, 0.4) is 0 Å². The Bertz CT molecular complexity index is 1180. The summed E-state index contributed by atoms with van der Waals surface area (Å²) in [7, 11) is -3.31. The van der Waals surface area contributed by atoms with Crippen molar-refractivity contribution in [1.82, 2.24) is 0 Å². The van der Waals surface area contributed by atoms with Gasteiger partial charge in [0.05, 0.1) is 0 Å². The predicted molar refractivity (Wildman–Crippen MR) is 146 cm³/mol. The first-order valence-corrected chi connectivity index (χ1v) is 18.2. The molecule has 0 fully saturated rings. The van der Waals surface area contributed by atoms with E-state index in [-0.39, 0.29) is 10.8 Å². The first-order valence-electron chi connectivity index (χ1n) is 12.9. The molecule has 2 aliphatic heterocycles. The SMILES string of the molecule is CC[Si](=O)Cc1cc2c(cc1C)OC1(CC2(C)C)CC(C)(C)c2cc(O[Si](C)(C)C)c(C)cc2O1. The van der Waals surface area contributed by atoms with Crippen molar-refractivity contribution in [3.05, 3.63) is 52.1 Å². The van der Waals surface area contributed by atoms with Crippen LogP contribution in [-0.2, 0) is 21.3 Å². The summed E-state index contributed by atoms with van der Waals surface area (Å²) >= 11 is 0. The second-order valence-electron chi connectivity index (χ2n) is 12.9. The summed E-state index contributed by atoms with van der Waals surface area (Å²) in [6.07, 6.45) is 1.52. The van der Waals surface area contributed by atoms with Gasteiger partial charge < -0.3 is 18.4 Å². The zero-order valence-electron chi connectivity index (χ0n) is 23.3. The van der Waals surface area contributed by atoms with Gasteiger partial charge in [-0.05, 0) is 74.4 Å². The van der Waals surface area contributed by atoms with Crippen molar-refractivity contribution in [1.29, 1.82) is 0 Å². The van der Waals surface area contributed by atoms with Gasteiger partial charge in [0.15, 0.2) is 0 Å². The molecule has 2 heterocycles. The molecule has 0 amide bonds. The predicted octanol–water partition coefficient (Wildman–Crippen LogP) is 7.56. The summed E-state index contributed by atoms with van der Waals surface area (Å²) in [6, 6.07) is 10.1. The van der Waals surface area contributed by atoms with E-state index >= 15 is 0 Å². The van der Waals surface area contributed by atoms with E-state index in [4.69, 9.17) is 13.9 Å². The van der Waals surface area contributed by atoms with E-state index in [1.807, 2.05) is 6.92 Å². The minimum absolute atomic E-state index is 0.136. The number of fused-ring (bicyclic) bond motifs is 2. The second-order valence-corrected chi connectivity index (χ2v) is 19.5.